The van der Waals surface area contributed by atoms with Crippen LogP contribution in [-0.2, 0) is 4.79 Å². The number of hydrogen-bond acceptors (Lipinski definition) is 3. The Hall–Kier alpha value is -1.10. The molecule has 5 heteroatoms. The van der Waals surface area contributed by atoms with Crippen LogP contribution in [0.1, 0.15) is 19.8 Å². The van der Waals surface area contributed by atoms with E-state index in [-0.39, 0.29) is 11.9 Å². The number of nitrogens with one attached hydrogen (secondary N) is 1. The summed E-state index contributed by atoms with van der Waals surface area (Å²) in [5, 5.41) is 3.18. The Bertz CT molecular complexity index is 404. The van der Waals surface area contributed by atoms with Gasteiger partial charge in [0.25, 0.3) is 0 Å². The molecule has 1 saturated heterocycles. The molecule has 1 aromatic heterocycles. The molecule has 4 nitrogen and oxygen atoms in total. The summed E-state index contributed by atoms with van der Waals surface area (Å²) >= 11 is 3.36. The summed E-state index contributed by atoms with van der Waals surface area (Å²) < 4.78 is 0.906. The average molecular weight is 298 g/mol. The summed E-state index contributed by atoms with van der Waals surface area (Å²) in [7, 11) is 0. The number of aromatic nitrogens is 1. The Morgan fingerprint density at radius 1 is 1.47 bits per heavy atom. The molecule has 1 aliphatic heterocycles. The number of likely N-dealkylation sites (tertiary alicyclic amines) is 1. The summed E-state index contributed by atoms with van der Waals surface area (Å²) in [6.45, 7) is 3.67. The first-order valence-corrected chi connectivity index (χ1v) is 6.62. The van der Waals surface area contributed by atoms with E-state index in [4.69, 9.17) is 0 Å². The molecule has 2 heterocycles. The second kappa shape index (κ2) is 5.49. The molecule has 1 aromatic rings. The minimum absolute atomic E-state index is 0.169. The third-order valence-electron chi connectivity index (χ3n) is 2.88. The molecule has 1 atom stereocenters. The van der Waals surface area contributed by atoms with Crippen molar-refractivity contribution in [2.75, 3.05) is 18.4 Å². The summed E-state index contributed by atoms with van der Waals surface area (Å²) in [5.74, 6) is 0.169. The molecule has 1 aliphatic rings. The lowest BCUT2D eigenvalue weighted by atomic mass is 10.2. The predicted molar refractivity (Wildman–Crippen MR) is 70.8 cm³/mol. The fourth-order valence-electron chi connectivity index (χ4n) is 2.01. The molecule has 0 saturated carbocycles. The Balaban J connectivity index is 1.96. The molecule has 0 bridgehead atoms. The van der Waals surface area contributed by atoms with Crippen LogP contribution in [0.15, 0.2) is 22.9 Å². The molecule has 1 N–H and O–H groups in total. The molecule has 0 aromatic carbocycles. The zero-order valence-electron chi connectivity index (χ0n) is 9.82. The van der Waals surface area contributed by atoms with E-state index in [2.05, 4.69) is 26.2 Å². The third kappa shape index (κ3) is 3.19. The summed E-state index contributed by atoms with van der Waals surface area (Å²) in [6.07, 6.45) is 5.68. The smallest absolute Gasteiger partial charge is 0.244 e. The highest BCUT2D eigenvalue weighted by molar-refractivity contribution is 9.10. The van der Waals surface area contributed by atoms with E-state index >= 15 is 0 Å². The van der Waals surface area contributed by atoms with Crippen molar-refractivity contribution in [2.45, 2.75) is 25.8 Å². The Morgan fingerprint density at radius 2 is 2.18 bits per heavy atom. The zero-order valence-corrected chi connectivity index (χ0v) is 11.4. The van der Waals surface area contributed by atoms with Crippen molar-refractivity contribution in [3.63, 3.8) is 0 Å². The van der Waals surface area contributed by atoms with Crippen LogP contribution in [0.5, 0.6) is 0 Å². The molecular formula is C12H16BrN3O. The molecule has 17 heavy (non-hydrogen) atoms. The third-order valence-corrected chi connectivity index (χ3v) is 3.31. The number of anilines is 1. The predicted octanol–water partition coefficient (Wildman–Crippen LogP) is 2.27. The zero-order chi connectivity index (χ0) is 12.3. The summed E-state index contributed by atoms with van der Waals surface area (Å²) in [4.78, 5) is 18.0. The van der Waals surface area contributed by atoms with Crippen LogP contribution in [0.2, 0.25) is 0 Å². The molecular weight excluding hydrogens is 282 g/mol. The van der Waals surface area contributed by atoms with Gasteiger partial charge in [0.1, 0.15) is 6.04 Å². The van der Waals surface area contributed by atoms with Crippen molar-refractivity contribution in [3.05, 3.63) is 22.9 Å². The fourth-order valence-corrected chi connectivity index (χ4v) is 2.38. The van der Waals surface area contributed by atoms with E-state index in [9.17, 15) is 4.79 Å². The highest BCUT2D eigenvalue weighted by atomic mass is 79.9. The minimum atomic E-state index is -0.204. The number of hydrogen-bond donors (Lipinski definition) is 1. The van der Waals surface area contributed by atoms with Crippen LogP contribution >= 0.6 is 15.9 Å². The summed E-state index contributed by atoms with van der Waals surface area (Å²) in [6, 6.07) is 1.71. The minimum Gasteiger partial charge on any atom is -0.373 e. The van der Waals surface area contributed by atoms with Crippen molar-refractivity contribution in [1.82, 2.24) is 9.88 Å². The van der Waals surface area contributed by atoms with Gasteiger partial charge in [0, 0.05) is 23.8 Å². The maximum absolute atomic E-state index is 12.1. The van der Waals surface area contributed by atoms with Crippen LogP contribution < -0.4 is 5.32 Å². The maximum atomic E-state index is 12.1. The molecule has 1 fully saturated rings. The standard InChI is InChI=1S/C12H16BrN3O/c1-9(12(17)16-4-2-3-5-16)15-11-6-10(13)7-14-8-11/h6-9,15H,2-5H2,1H3. The van der Waals surface area contributed by atoms with Crippen LogP contribution in [0, 0.1) is 0 Å². The first kappa shape index (κ1) is 12.4. The van der Waals surface area contributed by atoms with Gasteiger partial charge in [-0.05, 0) is 41.8 Å². The van der Waals surface area contributed by atoms with Crippen molar-refractivity contribution in [1.29, 1.82) is 0 Å². The van der Waals surface area contributed by atoms with Gasteiger partial charge >= 0.3 is 0 Å². The highest BCUT2D eigenvalue weighted by Gasteiger charge is 2.22. The van der Waals surface area contributed by atoms with E-state index < -0.39 is 0 Å². The van der Waals surface area contributed by atoms with Crippen molar-refractivity contribution >= 4 is 27.5 Å². The van der Waals surface area contributed by atoms with E-state index in [1.807, 2.05) is 17.9 Å². The second-order valence-electron chi connectivity index (χ2n) is 4.29. The molecule has 2 rings (SSSR count). The fraction of sp³-hybridized carbons (Fsp3) is 0.500. The van der Waals surface area contributed by atoms with E-state index in [0.717, 1.165) is 36.1 Å². The number of carbonyl (C=O) groups is 1. The molecule has 0 aliphatic carbocycles. The number of pyridine rings is 1. The molecule has 0 spiro atoms. The van der Waals surface area contributed by atoms with Gasteiger partial charge in [-0.3, -0.25) is 9.78 Å². The lowest BCUT2D eigenvalue weighted by molar-refractivity contribution is -0.130. The van der Waals surface area contributed by atoms with Crippen LogP contribution in [-0.4, -0.2) is 34.9 Å². The molecule has 1 unspecified atom stereocenters. The van der Waals surface area contributed by atoms with E-state index in [0.29, 0.717) is 0 Å². The van der Waals surface area contributed by atoms with Crippen LogP contribution in [0.4, 0.5) is 5.69 Å². The van der Waals surface area contributed by atoms with Gasteiger partial charge in [-0.25, -0.2) is 0 Å². The quantitative estimate of drug-likeness (QED) is 0.931. The van der Waals surface area contributed by atoms with Crippen LogP contribution in [0.3, 0.4) is 0 Å². The van der Waals surface area contributed by atoms with Crippen LogP contribution in [0.25, 0.3) is 0 Å². The average Bonchev–Trinajstić information content (AvgIpc) is 2.81. The van der Waals surface area contributed by atoms with Crippen molar-refractivity contribution in [3.8, 4) is 0 Å². The van der Waals surface area contributed by atoms with Gasteiger partial charge < -0.3 is 10.2 Å². The first-order valence-electron chi connectivity index (χ1n) is 5.82. The Kier molecular flexibility index (Phi) is 3.99. The van der Waals surface area contributed by atoms with Gasteiger partial charge in [-0.2, -0.15) is 0 Å². The first-order chi connectivity index (χ1) is 8.16. The van der Waals surface area contributed by atoms with Gasteiger partial charge in [0.05, 0.1) is 11.9 Å². The number of carbonyl (C=O) groups excluding carboxylic acids is 1. The van der Waals surface area contributed by atoms with Crippen molar-refractivity contribution in [2.24, 2.45) is 0 Å². The number of halogens is 1. The molecule has 0 radical (unpaired) electrons. The monoisotopic (exact) mass is 297 g/mol. The summed E-state index contributed by atoms with van der Waals surface area (Å²) in [5.41, 5.74) is 0.861. The highest BCUT2D eigenvalue weighted by Crippen LogP contribution is 2.16. The van der Waals surface area contributed by atoms with E-state index in [1.165, 1.54) is 0 Å². The number of nitrogens with zero attached hydrogens (tertiary/aromatic N) is 2. The SMILES string of the molecule is CC(Nc1cncc(Br)c1)C(=O)N1CCCC1. The maximum Gasteiger partial charge on any atom is 0.244 e. The number of amides is 1. The van der Waals surface area contributed by atoms with E-state index in [1.54, 1.807) is 12.4 Å². The second-order valence-corrected chi connectivity index (χ2v) is 5.21. The Morgan fingerprint density at radius 3 is 2.82 bits per heavy atom. The lowest BCUT2D eigenvalue weighted by Gasteiger charge is -2.21. The normalized spacial score (nSPS) is 16.9. The van der Waals surface area contributed by atoms with Gasteiger partial charge in [0.2, 0.25) is 5.91 Å². The number of rotatable bonds is 3. The topological polar surface area (TPSA) is 45.2 Å². The van der Waals surface area contributed by atoms with Gasteiger partial charge in [-0.1, -0.05) is 0 Å². The molecule has 92 valence electrons. The van der Waals surface area contributed by atoms with Crippen molar-refractivity contribution < 1.29 is 4.79 Å². The molecule has 1 amide bonds. The van der Waals surface area contributed by atoms with Gasteiger partial charge in [0.15, 0.2) is 0 Å². The Labute approximate surface area is 110 Å². The largest absolute Gasteiger partial charge is 0.373 e. The lowest BCUT2D eigenvalue weighted by Crippen LogP contribution is -2.39. The van der Waals surface area contributed by atoms with Gasteiger partial charge in [-0.15, -0.1) is 0 Å².